The van der Waals surface area contributed by atoms with Crippen LogP contribution in [0.3, 0.4) is 0 Å². The number of nitrogens with one attached hydrogen (secondary N) is 2. The Morgan fingerprint density at radius 2 is 1.59 bits per heavy atom. The Balaban J connectivity index is 1.51. The third kappa shape index (κ3) is 5.79. The van der Waals surface area contributed by atoms with E-state index < -0.39 is 0 Å². The Kier molecular flexibility index (Phi) is 6.45. The predicted octanol–water partition coefficient (Wildman–Crippen LogP) is 4.56. The van der Waals surface area contributed by atoms with Crippen molar-refractivity contribution >= 4 is 51.5 Å². The number of amides is 2. The van der Waals surface area contributed by atoms with Gasteiger partial charge in [0.05, 0.1) is 12.1 Å². The van der Waals surface area contributed by atoms with Gasteiger partial charge in [0, 0.05) is 27.5 Å². The van der Waals surface area contributed by atoms with Gasteiger partial charge in [0.1, 0.15) is 0 Å². The molecule has 0 aliphatic carbocycles. The maximum Gasteiger partial charge on any atom is 0.257 e. The zero-order valence-corrected chi connectivity index (χ0v) is 16.4. The summed E-state index contributed by atoms with van der Waals surface area (Å²) >= 11 is 12.9. The van der Waals surface area contributed by atoms with Crippen molar-refractivity contribution in [1.29, 1.82) is 0 Å². The number of nitrogens with zero attached hydrogens (tertiary/aromatic N) is 1. The summed E-state index contributed by atoms with van der Waals surface area (Å²) in [6.45, 7) is 0.417. The molecule has 0 aliphatic rings. The van der Waals surface area contributed by atoms with Gasteiger partial charge in [-0.05, 0) is 42.0 Å². The maximum atomic E-state index is 12.2. The van der Waals surface area contributed by atoms with Gasteiger partial charge in [-0.3, -0.25) is 14.9 Å². The monoisotopic (exact) mass is 419 g/mol. The molecule has 3 aromatic rings. The lowest BCUT2D eigenvalue weighted by Gasteiger charge is -2.04. The minimum absolute atomic E-state index is 0.140. The van der Waals surface area contributed by atoms with E-state index in [-0.39, 0.29) is 18.2 Å². The molecule has 8 heteroatoms. The minimum atomic E-state index is -0.278. The van der Waals surface area contributed by atoms with Crippen LogP contribution in [0.2, 0.25) is 10.0 Å². The molecule has 0 saturated heterocycles. The predicted molar refractivity (Wildman–Crippen MR) is 109 cm³/mol. The van der Waals surface area contributed by atoms with Gasteiger partial charge in [-0.1, -0.05) is 35.3 Å². The Hall–Kier alpha value is -2.41. The average molecular weight is 420 g/mol. The zero-order valence-electron chi connectivity index (χ0n) is 14.0. The maximum absolute atomic E-state index is 12.2. The molecule has 0 fully saturated rings. The third-order valence-corrected chi connectivity index (χ3v) is 4.93. The van der Waals surface area contributed by atoms with Gasteiger partial charge in [-0.25, -0.2) is 4.98 Å². The zero-order chi connectivity index (χ0) is 19.2. The quantitative estimate of drug-likeness (QED) is 0.614. The normalized spacial score (nSPS) is 10.4. The fourth-order valence-corrected chi connectivity index (χ4v) is 3.20. The summed E-state index contributed by atoms with van der Waals surface area (Å²) in [5.41, 5.74) is 2.04. The molecule has 2 amide bonds. The average Bonchev–Trinajstić information content (AvgIpc) is 3.08. The van der Waals surface area contributed by atoms with E-state index in [4.69, 9.17) is 23.2 Å². The first-order valence-electron chi connectivity index (χ1n) is 8.02. The fraction of sp³-hybridized carbons (Fsp3) is 0.105. The highest BCUT2D eigenvalue weighted by Crippen LogP contribution is 2.18. The number of rotatable bonds is 6. The molecule has 2 N–H and O–H groups in total. The molecule has 5 nitrogen and oxygen atoms in total. The SMILES string of the molecule is O=C(Cc1csc(NC(=O)c2ccc(Cl)cc2)n1)NCc1ccc(Cl)cc1. The number of anilines is 1. The van der Waals surface area contributed by atoms with E-state index in [0.29, 0.717) is 33.0 Å². The van der Waals surface area contributed by atoms with Crippen LogP contribution in [0.25, 0.3) is 0 Å². The van der Waals surface area contributed by atoms with Gasteiger partial charge in [0.2, 0.25) is 5.91 Å². The molecule has 1 heterocycles. The van der Waals surface area contributed by atoms with Gasteiger partial charge >= 0.3 is 0 Å². The first kappa shape index (κ1) is 19.4. The molecule has 0 aliphatic heterocycles. The van der Waals surface area contributed by atoms with Crippen LogP contribution in [0.4, 0.5) is 5.13 Å². The molecular weight excluding hydrogens is 405 g/mol. The summed E-state index contributed by atoms with van der Waals surface area (Å²) in [6, 6.07) is 13.8. The second-order valence-corrected chi connectivity index (χ2v) is 7.42. The van der Waals surface area contributed by atoms with E-state index in [2.05, 4.69) is 15.6 Å². The molecule has 27 heavy (non-hydrogen) atoms. The molecule has 0 saturated carbocycles. The van der Waals surface area contributed by atoms with Crippen molar-refractivity contribution < 1.29 is 9.59 Å². The Morgan fingerprint density at radius 3 is 2.26 bits per heavy atom. The van der Waals surface area contributed by atoms with Crippen molar-refractivity contribution in [1.82, 2.24) is 10.3 Å². The largest absolute Gasteiger partial charge is 0.352 e. The van der Waals surface area contributed by atoms with Gasteiger partial charge < -0.3 is 5.32 Å². The van der Waals surface area contributed by atoms with E-state index in [1.165, 1.54) is 11.3 Å². The highest BCUT2D eigenvalue weighted by atomic mass is 35.5. The number of halogens is 2. The minimum Gasteiger partial charge on any atom is -0.352 e. The van der Waals surface area contributed by atoms with Crippen LogP contribution in [0, 0.1) is 0 Å². The molecular formula is C19H15Cl2N3O2S. The first-order valence-corrected chi connectivity index (χ1v) is 9.65. The standard InChI is InChI=1S/C19H15Cl2N3O2S/c20-14-5-1-12(2-6-14)10-22-17(25)9-16-11-27-19(23-16)24-18(26)13-3-7-15(21)8-4-13/h1-8,11H,9-10H2,(H,22,25)(H,23,24,26). The molecule has 0 atom stereocenters. The van der Waals surface area contributed by atoms with Crippen LogP contribution in [-0.4, -0.2) is 16.8 Å². The lowest BCUT2D eigenvalue weighted by Crippen LogP contribution is -2.24. The van der Waals surface area contributed by atoms with Gasteiger partial charge in [-0.2, -0.15) is 0 Å². The third-order valence-electron chi connectivity index (χ3n) is 3.62. The molecule has 0 bridgehead atoms. The number of benzene rings is 2. The topological polar surface area (TPSA) is 71.1 Å². The van der Waals surface area contributed by atoms with Crippen LogP contribution < -0.4 is 10.6 Å². The van der Waals surface area contributed by atoms with Crippen LogP contribution in [-0.2, 0) is 17.8 Å². The van der Waals surface area contributed by atoms with E-state index in [0.717, 1.165) is 5.56 Å². The molecule has 3 rings (SSSR count). The number of aromatic nitrogens is 1. The number of carbonyl (C=O) groups excluding carboxylic acids is 2. The number of hydrogen-bond donors (Lipinski definition) is 2. The second-order valence-electron chi connectivity index (χ2n) is 5.68. The van der Waals surface area contributed by atoms with Crippen molar-refractivity contribution in [2.45, 2.75) is 13.0 Å². The van der Waals surface area contributed by atoms with Crippen molar-refractivity contribution in [3.63, 3.8) is 0 Å². The van der Waals surface area contributed by atoms with E-state index in [9.17, 15) is 9.59 Å². The smallest absolute Gasteiger partial charge is 0.257 e. The summed E-state index contributed by atoms with van der Waals surface area (Å²) < 4.78 is 0. The lowest BCUT2D eigenvalue weighted by atomic mass is 10.2. The summed E-state index contributed by atoms with van der Waals surface area (Å²) in [4.78, 5) is 28.5. The van der Waals surface area contributed by atoms with Gasteiger partial charge in [-0.15, -0.1) is 11.3 Å². The molecule has 2 aromatic carbocycles. The molecule has 138 valence electrons. The fourth-order valence-electron chi connectivity index (χ4n) is 2.25. The van der Waals surface area contributed by atoms with Crippen molar-refractivity contribution in [2.75, 3.05) is 5.32 Å². The number of carbonyl (C=O) groups is 2. The summed E-state index contributed by atoms with van der Waals surface area (Å²) in [5.74, 6) is -0.425. The summed E-state index contributed by atoms with van der Waals surface area (Å²) in [5, 5.41) is 8.95. The molecule has 1 aromatic heterocycles. The molecule has 0 unspecified atom stereocenters. The highest BCUT2D eigenvalue weighted by molar-refractivity contribution is 7.14. The Morgan fingerprint density at radius 1 is 0.963 bits per heavy atom. The van der Waals surface area contributed by atoms with Crippen LogP contribution >= 0.6 is 34.5 Å². The Labute approximate surface area is 170 Å². The van der Waals surface area contributed by atoms with Crippen LogP contribution in [0.15, 0.2) is 53.9 Å². The van der Waals surface area contributed by atoms with Gasteiger partial charge in [0.15, 0.2) is 5.13 Å². The van der Waals surface area contributed by atoms with Crippen molar-refractivity contribution in [2.24, 2.45) is 0 Å². The summed E-state index contributed by atoms with van der Waals surface area (Å²) in [6.07, 6.45) is 0.140. The van der Waals surface area contributed by atoms with E-state index in [1.54, 1.807) is 41.8 Å². The Bertz CT molecular complexity index is 940. The van der Waals surface area contributed by atoms with Crippen molar-refractivity contribution in [3.8, 4) is 0 Å². The lowest BCUT2D eigenvalue weighted by molar-refractivity contribution is -0.120. The van der Waals surface area contributed by atoms with E-state index >= 15 is 0 Å². The molecule has 0 spiro atoms. The highest BCUT2D eigenvalue weighted by Gasteiger charge is 2.11. The van der Waals surface area contributed by atoms with E-state index in [1.807, 2.05) is 12.1 Å². The number of thiazole rings is 1. The van der Waals surface area contributed by atoms with Crippen LogP contribution in [0.1, 0.15) is 21.6 Å². The molecule has 0 radical (unpaired) electrons. The summed E-state index contributed by atoms with van der Waals surface area (Å²) in [7, 11) is 0. The van der Waals surface area contributed by atoms with Crippen molar-refractivity contribution in [3.05, 3.63) is 80.8 Å². The number of hydrogen-bond acceptors (Lipinski definition) is 4. The second kappa shape index (κ2) is 8.99. The van der Waals surface area contributed by atoms with Crippen LogP contribution in [0.5, 0.6) is 0 Å². The van der Waals surface area contributed by atoms with Gasteiger partial charge in [0.25, 0.3) is 5.91 Å². The first-order chi connectivity index (χ1) is 13.0.